The molecule has 1 aliphatic rings. The number of rotatable bonds is 5. The Morgan fingerprint density at radius 2 is 1.95 bits per heavy atom. The van der Waals surface area contributed by atoms with E-state index >= 15 is 0 Å². The molecule has 2 heterocycles. The van der Waals surface area contributed by atoms with Gasteiger partial charge in [0.25, 0.3) is 0 Å². The van der Waals surface area contributed by atoms with Gasteiger partial charge in [0.15, 0.2) is 0 Å². The molecular formula is C19H26N2S. The van der Waals surface area contributed by atoms with Crippen LogP contribution in [0.1, 0.15) is 36.6 Å². The van der Waals surface area contributed by atoms with Crippen molar-refractivity contribution in [3.05, 3.63) is 58.3 Å². The van der Waals surface area contributed by atoms with Crippen LogP contribution in [0.4, 0.5) is 0 Å². The summed E-state index contributed by atoms with van der Waals surface area (Å²) < 4.78 is 0. The quantitative estimate of drug-likeness (QED) is 0.893. The van der Waals surface area contributed by atoms with Gasteiger partial charge in [-0.25, -0.2) is 0 Å². The van der Waals surface area contributed by atoms with Crippen LogP contribution < -0.4 is 5.32 Å². The molecule has 1 N–H and O–H groups in total. The molecule has 1 saturated heterocycles. The maximum Gasteiger partial charge on any atom is 0.0208 e. The fraction of sp³-hybridized carbons (Fsp3) is 0.474. The van der Waals surface area contributed by atoms with E-state index in [-0.39, 0.29) is 0 Å². The summed E-state index contributed by atoms with van der Waals surface area (Å²) in [6.45, 7) is 7.94. The van der Waals surface area contributed by atoms with Gasteiger partial charge < -0.3 is 5.32 Å². The Labute approximate surface area is 138 Å². The minimum absolute atomic E-state index is 0.573. The third-order valence-electron chi connectivity index (χ3n) is 4.59. The van der Waals surface area contributed by atoms with Crippen molar-refractivity contribution in [2.24, 2.45) is 0 Å². The molecule has 2 atom stereocenters. The molecule has 0 radical (unpaired) electrons. The summed E-state index contributed by atoms with van der Waals surface area (Å²) in [6, 6.07) is 16.4. The first-order valence-corrected chi connectivity index (χ1v) is 9.15. The number of benzene rings is 1. The summed E-state index contributed by atoms with van der Waals surface area (Å²) in [6.07, 6.45) is 1.25. The Balaban J connectivity index is 1.64. The number of piperidine rings is 1. The third-order valence-corrected chi connectivity index (χ3v) is 5.63. The standard InChI is InChI=1S/C19H26N2S/c1-15(2)21-13-17(19-9-6-10-22-19)11-18(14-21)20-12-16-7-4-3-5-8-16/h3-10,15,17-18,20H,11-14H2,1-2H3. The normalized spacial score (nSPS) is 23.0. The molecule has 2 nitrogen and oxygen atoms in total. The maximum atomic E-state index is 3.78. The van der Waals surface area contributed by atoms with Crippen LogP contribution >= 0.6 is 11.3 Å². The molecule has 1 fully saturated rings. The summed E-state index contributed by atoms with van der Waals surface area (Å²) in [5.41, 5.74) is 1.37. The molecule has 0 spiro atoms. The summed E-state index contributed by atoms with van der Waals surface area (Å²) in [7, 11) is 0. The van der Waals surface area contributed by atoms with E-state index in [1.165, 1.54) is 23.4 Å². The summed E-state index contributed by atoms with van der Waals surface area (Å²) in [4.78, 5) is 4.16. The van der Waals surface area contributed by atoms with Crippen LogP contribution in [-0.4, -0.2) is 30.1 Å². The van der Waals surface area contributed by atoms with Crippen LogP contribution in [-0.2, 0) is 6.54 Å². The van der Waals surface area contributed by atoms with Gasteiger partial charge in [0.05, 0.1) is 0 Å². The number of thiophene rings is 1. The number of hydrogen-bond donors (Lipinski definition) is 1. The van der Waals surface area contributed by atoms with Crippen LogP contribution in [0.2, 0.25) is 0 Å². The van der Waals surface area contributed by atoms with E-state index in [1.54, 1.807) is 0 Å². The topological polar surface area (TPSA) is 15.3 Å². The third kappa shape index (κ3) is 3.97. The molecule has 22 heavy (non-hydrogen) atoms. The average Bonchev–Trinajstić information content (AvgIpc) is 3.08. The first-order chi connectivity index (χ1) is 10.7. The second-order valence-electron chi connectivity index (χ2n) is 6.56. The van der Waals surface area contributed by atoms with E-state index < -0.39 is 0 Å². The van der Waals surface area contributed by atoms with E-state index in [4.69, 9.17) is 0 Å². The van der Waals surface area contributed by atoms with Crippen molar-refractivity contribution in [1.29, 1.82) is 0 Å². The van der Waals surface area contributed by atoms with Crippen LogP contribution in [0.5, 0.6) is 0 Å². The van der Waals surface area contributed by atoms with Crippen LogP contribution in [0.3, 0.4) is 0 Å². The lowest BCUT2D eigenvalue weighted by Gasteiger charge is -2.40. The molecule has 0 bridgehead atoms. The van der Waals surface area contributed by atoms with Crippen LogP contribution in [0.25, 0.3) is 0 Å². The number of nitrogens with zero attached hydrogens (tertiary/aromatic N) is 1. The van der Waals surface area contributed by atoms with Gasteiger partial charge in [-0.1, -0.05) is 36.4 Å². The van der Waals surface area contributed by atoms with Gasteiger partial charge in [0.2, 0.25) is 0 Å². The summed E-state index contributed by atoms with van der Waals surface area (Å²) >= 11 is 1.91. The van der Waals surface area contributed by atoms with Gasteiger partial charge in [-0.05, 0) is 37.3 Å². The fourth-order valence-electron chi connectivity index (χ4n) is 3.29. The zero-order valence-corrected chi connectivity index (χ0v) is 14.4. The first-order valence-electron chi connectivity index (χ1n) is 8.27. The van der Waals surface area contributed by atoms with Crippen LogP contribution in [0.15, 0.2) is 47.8 Å². The largest absolute Gasteiger partial charge is 0.309 e. The van der Waals surface area contributed by atoms with Crippen molar-refractivity contribution in [3.8, 4) is 0 Å². The zero-order chi connectivity index (χ0) is 15.4. The van der Waals surface area contributed by atoms with Crippen molar-refractivity contribution >= 4 is 11.3 Å². The van der Waals surface area contributed by atoms with Gasteiger partial charge in [-0.15, -0.1) is 11.3 Å². The molecule has 2 unspecified atom stereocenters. The van der Waals surface area contributed by atoms with E-state index in [0.717, 1.165) is 13.1 Å². The monoisotopic (exact) mass is 314 g/mol. The Bertz CT molecular complexity index is 550. The number of nitrogens with one attached hydrogen (secondary N) is 1. The van der Waals surface area contributed by atoms with Gasteiger partial charge >= 0.3 is 0 Å². The van der Waals surface area contributed by atoms with Crippen molar-refractivity contribution in [2.45, 2.75) is 44.8 Å². The van der Waals surface area contributed by atoms with E-state index in [0.29, 0.717) is 18.0 Å². The highest BCUT2D eigenvalue weighted by atomic mass is 32.1. The first kappa shape index (κ1) is 15.7. The highest BCUT2D eigenvalue weighted by Gasteiger charge is 2.29. The molecule has 3 heteroatoms. The van der Waals surface area contributed by atoms with Crippen molar-refractivity contribution in [2.75, 3.05) is 13.1 Å². The second-order valence-corrected chi connectivity index (χ2v) is 7.54. The Hall–Kier alpha value is -1.16. The molecule has 0 saturated carbocycles. The smallest absolute Gasteiger partial charge is 0.0208 e. The summed E-state index contributed by atoms with van der Waals surface area (Å²) in [5.74, 6) is 0.671. The Kier molecular flexibility index (Phi) is 5.29. The zero-order valence-electron chi connectivity index (χ0n) is 13.5. The molecule has 1 aliphatic heterocycles. The van der Waals surface area contributed by atoms with Gasteiger partial charge in [0, 0.05) is 42.5 Å². The van der Waals surface area contributed by atoms with Crippen molar-refractivity contribution in [1.82, 2.24) is 10.2 Å². The number of hydrogen-bond acceptors (Lipinski definition) is 3. The molecule has 3 rings (SSSR count). The molecule has 2 aromatic rings. The Morgan fingerprint density at radius 1 is 1.14 bits per heavy atom. The fourth-order valence-corrected chi connectivity index (χ4v) is 4.13. The van der Waals surface area contributed by atoms with Crippen molar-refractivity contribution in [3.63, 3.8) is 0 Å². The second kappa shape index (κ2) is 7.40. The maximum absolute atomic E-state index is 3.78. The van der Waals surface area contributed by atoms with Gasteiger partial charge in [-0.3, -0.25) is 4.90 Å². The lowest BCUT2D eigenvalue weighted by atomic mass is 9.92. The molecular weight excluding hydrogens is 288 g/mol. The average molecular weight is 314 g/mol. The predicted octanol–water partition coefficient (Wildman–Crippen LogP) is 4.10. The van der Waals surface area contributed by atoms with E-state index in [1.807, 2.05) is 11.3 Å². The SMILES string of the molecule is CC(C)N1CC(NCc2ccccc2)CC(c2cccs2)C1. The molecule has 0 amide bonds. The highest BCUT2D eigenvalue weighted by molar-refractivity contribution is 7.10. The lowest BCUT2D eigenvalue weighted by molar-refractivity contribution is 0.138. The van der Waals surface area contributed by atoms with Gasteiger partial charge in [-0.2, -0.15) is 0 Å². The molecule has 118 valence electrons. The van der Waals surface area contributed by atoms with E-state index in [2.05, 4.69) is 71.9 Å². The minimum atomic E-state index is 0.573. The lowest BCUT2D eigenvalue weighted by Crippen LogP contribution is -2.50. The van der Waals surface area contributed by atoms with Crippen molar-refractivity contribution < 1.29 is 0 Å². The Morgan fingerprint density at radius 3 is 2.64 bits per heavy atom. The van der Waals surface area contributed by atoms with Gasteiger partial charge in [0.1, 0.15) is 0 Å². The molecule has 1 aromatic heterocycles. The van der Waals surface area contributed by atoms with Crippen LogP contribution in [0, 0.1) is 0 Å². The molecule has 1 aromatic carbocycles. The highest BCUT2D eigenvalue weighted by Crippen LogP contribution is 2.31. The molecule has 0 aliphatic carbocycles. The van der Waals surface area contributed by atoms with E-state index in [9.17, 15) is 0 Å². The predicted molar refractivity (Wildman–Crippen MR) is 95.5 cm³/mol. The minimum Gasteiger partial charge on any atom is -0.309 e. The number of likely N-dealkylation sites (tertiary alicyclic amines) is 1. The summed E-state index contributed by atoms with van der Waals surface area (Å²) in [5, 5.41) is 5.98.